The molecule has 0 heterocycles. The van der Waals surface area contributed by atoms with Crippen molar-refractivity contribution >= 4 is 11.9 Å². The third kappa shape index (κ3) is 8.42. The first-order chi connectivity index (χ1) is 12.1. The van der Waals surface area contributed by atoms with Crippen molar-refractivity contribution in [3.63, 3.8) is 0 Å². The summed E-state index contributed by atoms with van der Waals surface area (Å²) in [7, 11) is 6.92. The van der Waals surface area contributed by atoms with E-state index in [1.165, 1.54) is 12.7 Å². The maximum absolute atomic E-state index is 11.0. The molecule has 0 atom stereocenters. The van der Waals surface area contributed by atoms with Crippen LogP contribution in [0.1, 0.15) is 37.7 Å². The minimum atomic E-state index is -0.126. The van der Waals surface area contributed by atoms with Crippen LogP contribution in [-0.4, -0.2) is 51.7 Å². The predicted molar refractivity (Wildman–Crippen MR) is 101 cm³/mol. The number of hydrogen-bond donors (Lipinski definition) is 1. The molecule has 0 aromatic heterocycles. The van der Waals surface area contributed by atoms with Crippen molar-refractivity contribution in [2.45, 2.75) is 38.6 Å². The van der Waals surface area contributed by atoms with E-state index in [9.17, 15) is 4.79 Å². The van der Waals surface area contributed by atoms with Crippen molar-refractivity contribution in [2.75, 3.05) is 34.9 Å². The van der Waals surface area contributed by atoms with Gasteiger partial charge in [0.05, 0.1) is 14.2 Å². The molecule has 0 spiro atoms. The summed E-state index contributed by atoms with van der Waals surface area (Å²) in [5, 5.41) is 3.38. The molecule has 6 nitrogen and oxygen atoms in total. The maximum Gasteiger partial charge on any atom is 0.305 e. The normalized spacial score (nSPS) is 11.1. The van der Waals surface area contributed by atoms with Crippen LogP contribution in [0, 0.1) is 0 Å². The predicted octanol–water partition coefficient (Wildman–Crippen LogP) is 2.83. The van der Waals surface area contributed by atoms with Gasteiger partial charge in [0.25, 0.3) is 0 Å². The van der Waals surface area contributed by atoms with Gasteiger partial charge in [0.15, 0.2) is 5.96 Å². The Morgan fingerprint density at radius 1 is 1.12 bits per heavy atom. The number of carbonyl (C=O) groups is 1. The Hall–Kier alpha value is -2.24. The van der Waals surface area contributed by atoms with Crippen molar-refractivity contribution in [2.24, 2.45) is 4.99 Å². The minimum Gasteiger partial charge on any atom is -0.497 e. The van der Waals surface area contributed by atoms with Crippen LogP contribution in [0.4, 0.5) is 0 Å². The van der Waals surface area contributed by atoms with E-state index in [0.717, 1.165) is 50.5 Å². The maximum atomic E-state index is 11.0. The number of unbranched alkanes of at least 4 members (excludes halogenated alkanes) is 3. The van der Waals surface area contributed by atoms with Crippen molar-refractivity contribution < 1.29 is 14.3 Å². The number of nitrogens with zero attached hydrogens (tertiary/aromatic N) is 2. The van der Waals surface area contributed by atoms with Gasteiger partial charge in [0, 0.05) is 33.6 Å². The van der Waals surface area contributed by atoms with E-state index in [2.05, 4.69) is 32.1 Å². The molecule has 0 radical (unpaired) electrons. The molecule has 1 aromatic rings. The molecule has 0 fully saturated rings. The smallest absolute Gasteiger partial charge is 0.305 e. The summed E-state index contributed by atoms with van der Waals surface area (Å²) in [6, 6.07) is 8.05. The Kier molecular flexibility index (Phi) is 10.1. The highest BCUT2D eigenvalue weighted by Gasteiger charge is 2.06. The third-order valence-electron chi connectivity index (χ3n) is 3.97. The second-order valence-electron chi connectivity index (χ2n) is 5.92. The first kappa shape index (κ1) is 20.8. The molecule has 0 aliphatic rings. The Morgan fingerprint density at radius 2 is 1.80 bits per heavy atom. The lowest BCUT2D eigenvalue weighted by Gasteiger charge is -2.22. The SMILES string of the molecule is CN=C(NCCCCCCC(=O)OC)N(C)Cc1ccc(OC)cc1. The zero-order valence-electron chi connectivity index (χ0n) is 15.9. The molecule has 0 unspecified atom stereocenters. The number of ether oxygens (including phenoxy) is 2. The fourth-order valence-corrected chi connectivity index (χ4v) is 2.51. The van der Waals surface area contributed by atoms with Gasteiger partial charge in [-0.2, -0.15) is 0 Å². The van der Waals surface area contributed by atoms with Crippen LogP contribution in [0.5, 0.6) is 5.75 Å². The Morgan fingerprint density at radius 3 is 2.40 bits per heavy atom. The fourth-order valence-electron chi connectivity index (χ4n) is 2.51. The first-order valence-corrected chi connectivity index (χ1v) is 8.72. The number of carbonyl (C=O) groups excluding carboxylic acids is 1. The molecule has 0 saturated heterocycles. The lowest BCUT2D eigenvalue weighted by Crippen LogP contribution is -2.38. The Labute approximate surface area is 151 Å². The monoisotopic (exact) mass is 349 g/mol. The number of rotatable bonds is 10. The molecular formula is C19H31N3O3. The van der Waals surface area contributed by atoms with E-state index in [1.54, 1.807) is 14.2 Å². The van der Waals surface area contributed by atoms with Crippen LogP contribution >= 0.6 is 0 Å². The van der Waals surface area contributed by atoms with E-state index in [4.69, 9.17) is 4.74 Å². The van der Waals surface area contributed by atoms with E-state index < -0.39 is 0 Å². The van der Waals surface area contributed by atoms with Crippen LogP contribution in [-0.2, 0) is 16.1 Å². The van der Waals surface area contributed by atoms with Crippen LogP contribution in [0.25, 0.3) is 0 Å². The van der Waals surface area contributed by atoms with Crippen molar-refractivity contribution in [3.8, 4) is 5.75 Å². The zero-order chi connectivity index (χ0) is 18.5. The molecule has 0 aliphatic heterocycles. The number of nitrogens with one attached hydrogen (secondary N) is 1. The molecule has 1 aromatic carbocycles. The summed E-state index contributed by atoms with van der Waals surface area (Å²) in [5.41, 5.74) is 1.20. The second-order valence-corrected chi connectivity index (χ2v) is 5.92. The van der Waals surface area contributed by atoms with Gasteiger partial charge in [-0.05, 0) is 30.5 Å². The van der Waals surface area contributed by atoms with E-state index in [0.29, 0.717) is 6.42 Å². The van der Waals surface area contributed by atoms with Crippen molar-refractivity contribution in [1.82, 2.24) is 10.2 Å². The van der Waals surface area contributed by atoms with Crippen molar-refractivity contribution in [3.05, 3.63) is 29.8 Å². The number of esters is 1. The lowest BCUT2D eigenvalue weighted by atomic mass is 10.1. The molecule has 1 rings (SSSR count). The molecule has 6 heteroatoms. The van der Waals surface area contributed by atoms with E-state index >= 15 is 0 Å². The Balaban J connectivity index is 2.25. The molecule has 1 N–H and O–H groups in total. The molecule has 0 amide bonds. The highest BCUT2D eigenvalue weighted by molar-refractivity contribution is 5.79. The molecule has 0 bridgehead atoms. The molecule has 140 valence electrons. The van der Waals surface area contributed by atoms with Gasteiger partial charge in [-0.1, -0.05) is 25.0 Å². The van der Waals surface area contributed by atoms with Gasteiger partial charge in [-0.15, -0.1) is 0 Å². The second kappa shape index (κ2) is 12.2. The summed E-state index contributed by atoms with van der Waals surface area (Å²) in [6.07, 6.45) is 4.58. The number of methoxy groups -OCH3 is 2. The first-order valence-electron chi connectivity index (χ1n) is 8.72. The highest BCUT2D eigenvalue weighted by Crippen LogP contribution is 2.12. The van der Waals surface area contributed by atoms with Crippen molar-refractivity contribution in [1.29, 1.82) is 0 Å². The van der Waals surface area contributed by atoms with Gasteiger partial charge in [0.1, 0.15) is 5.75 Å². The third-order valence-corrected chi connectivity index (χ3v) is 3.97. The van der Waals surface area contributed by atoms with Gasteiger partial charge >= 0.3 is 5.97 Å². The summed E-state index contributed by atoms with van der Waals surface area (Å²) in [4.78, 5) is 17.5. The molecule has 0 aliphatic carbocycles. The van der Waals surface area contributed by atoms with Gasteiger partial charge in [0.2, 0.25) is 0 Å². The Bertz CT molecular complexity index is 529. The number of benzene rings is 1. The van der Waals surface area contributed by atoms with Gasteiger partial charge < -0.3 is 19.7 Å². The lowest BCUT2D eigenvalue weighted by molar-refractivity contribution is -0.140. The van der Waals surface area contributed by atoms with E-state index in [1.807, 2.05) is 19.2 Å². The topological polar surface area (TPSA) is 63.2 Å². The van der Waals surface area contributed by atoms with Gasteiger partial charge in [-0.25, -0.2) is 0 Å². The summed E-state index contributed by atoms with van der Waals surface area (Å²) in [6.45, 7) is 1.65. The summed E-state index contributed by atoms with van der Waals surface area (Å²) in [5.74, 6) is 1.62. The van der Waals surface area contributed by atoms with Crippen LogP contribution < -0.4 is 10.1 Å². The molecule has 0 saturated carbocycles. The average molecular weight is 349 g/mol. The number of guanidine groups is 1. The number of hydrogen-bond acceptors (Lipinski definition) is 4. The quantitative estimate of drug-likeness (QED) is 0.305. The fraction of sp³-hybridized carbons (Fsp3) is 0.579. The standard InChI is InChI=1S/C19H31N3O3/c1-20-19(21-14-8-6-5-7-9-18(23)25-4)22(2)15-16-10-12-17(24-3)13-11-16/h10-13H,5-9,14-15H2,1-4H3,(H,20,21). The zero-order valence-corrected chi connectivity index (χ0v) is 15.9. The molecule has 25 heavy (non-hydrogen) atoms. The van der Waals surface area contributed by atoms with Crippen LogP contribution in [0.15, 0.2) is 29.3 Å². The van der Waals surface area contributed by atoms with Gasteiger partial charge in [-0.3, -0.25) is 9.79 Å². The number of aliphatic imine (C=N–C) groups is 1. The van der Waals surface area contributed by atoms with Crippen LogP contribution in [0.3, 0.4) is 0 Å². The van der Waals surface area contributed by atoms with Crippen LogP contribution in [0.2, 0.25) is 0 Å². The molecular weight excluding hydrogens is 318 g/mol. The largest absolute Gasteiger partial charge is 0.497 e. The minimum absolute atomic E-state index is 0.126. The highest BCUT2D eigenvalue weighted by atomic mass is 16.5. The average Bonchev–Trinajstić information content (AvgIpc) is 2.64. The van der Waals surface area contributed by atoms with E-state index in [-0.39, 0.29) is 5.97 Å². The summed E-state index contributed by atoms with van der Waals surface area (Å²) >= 11 is 0. The summed E-state index contributed by atoms with van der Waals surface area (Å²) < 4.78 is 9.81.